The number of ether oxygens (including phenoxy) is 3. The van der Waals surface area contributed by atoms with Crippen molar-refractivity contribution in [1.29, 1.82) is 0 Å². The van der Waals surface area contributed by atoms with Gasteiger partial charge in [-0.05, 0) is 12.8 Å². The van der Waals surface area contributed by atoms with Gasteiger partial charge >= 0.3 is 5.97 Å². The quantitative estimate of drug-likeness (QED) is 0.670. The van der Waals surface area contributed by atoms with Crippen LogP contribution in [0.25, 0.3) is 0 Å². The smallest absolute Gasteiger partial charge is 0.305 e. The van der Waals surface area contributed by atoms with E-state index in [-0.39, 0.29) is 17.9 Å². The Morgan fingerprint density at radius 2 is 2.20 bits per heavy atom. The molecule has 0 radical (unpaired) electrons. The maximum Gasteiger partial charge on any atom is 0.305 e. The average Bonchev–Trinajstić information content (AvgIpc) is 2.86. The van der Waals surface area contributed by atoms with Crippen molar-refractivity contribution in [2.24, 2.45) is 0 Å². The van der Waals surface area contributed by atoms with Crippen molar-refractivity contribution in [2.45, 2.75) is 50.9 Å². The average molecular weight is 214 g/mol. The van der Waals surface area contributed by atoms with Crippen LogP contribution in [-0.4, -0.2) is 31.1 Å². The lowest BCUT2D eigenvalue weighted by atomic mass is 10.2. The molecule has 0 aromatic heterocycles. The fourth-order valence-corrected chi connectivity index (χ4v) is 2.16. The highest BCUT2D eigenvalue weighted by Gasteiger charge is 2.43. The Morgan fingerprint density at radius 1 is 1.47 bits per heavy atom. The molecule has 0 N–H and O–H groups in total. The molecular formula is C11H18O4. The number of rotatable bonds is 3. The molecule has 1 spiro atoms. The van der Waals surface area contributed by atoms with Crippen molar-refractivity contribution in [3.05, 3.63) is 0 Å². The molecule has 1 heterocycles. The van der Waals surface area contributed by atoms with E-state index >= 15 is 0 Å². The monoisotopic (exact) mass is 214 g/mol. The van der Waals surface area contributed by atoms with Crippen molar-refractivity contribution < 1.29 is 19.0 Å². The van der Waals surface area contributed by atoms with Crippen molar-refractivity contribution in [3.63, 3.8) is 0 Å². The third-order valence-electron chi connectivity index (χ3n) is 3.00. The first-order valence-corrected chi connectivity index (χ1v) is 5.71. The predicted octanol–water partition coefficient (Wildman–Crippen LogP) is 1.63. The van der Waals surface area contributed by atoms with Gasteiger partial charge in [-0.2, -0.15) is 0 Å². The summed E-state index contributed by atoms with van der Waals surface area (Å²) in [4.78, 5) is 11.0. The fraction of sp³-hybridized carbons (Fsp3) is 0.909. The highest BCUT2D eigenvalue weighted by molar-refractivity contribution is 5.68. The molecule has 4 nitrogen and oxygen atoms in total. The molecule has 15 heavy (non-hydrogen) atoms. The molecule has 2 fully saturated rings. The molecule has 2 rings (SSSR count). The normalized spacial score (nSPS) is 28.5. The molecule has 1 aliphatic heterocycles. The van der Waals surface area contributed by atoms with Crippen LogP contribution in [0.3, 0.4) is 0 Å². The Balaban J connectivity index is 1.75. The molecule has 2 aliphatic rings. The molecule has 0 unspecified atom stereocenters. The summed E-state index contributed by atoms with van der Waals surface area (Å²) in [7, 11) is 0. The molecular weight excluding hydrogens is 196 g/mol. The lowest BCUT2D eigenvalue weighted by Gasteiger charge is -2.21. The summed E-state index contributed by atoms with van der Waals surface area (Å²) in [6, 6.07) is 0. The van der Waals surface area contributed by atoms with Crippen molar-refractivity contribution in [3.8, 4) is 0 Å². The Kier molecular flexibility index (Phi) is 3.26. The molecule has 86 valence electrons. The van der Waals surface area contributed by atoms with E-state index in [0.29, 0.717) is 19.6 Å². The molecule has 1 aliphatic carbocycles. The lowest BCUT2D eigenvalue weighted by Crippen LogP contribution is -2.28. The molecule has 1 atom stereocenters. The summed E-state index contributed by atoms with van der Waals surface area (Å²) in [5, 5.41) is 0. The van der Waals surface area contributed by atoms with E-state index in [4.69, 9.17) is 14.2 Å². The van der Waals surface area contributed by atoms with E-state index in [1.165, 1.54) is 12.8 Å². The summed E-state index contributed by atoms with van der Waals surface area (Å²) >= 11 is 0. The van der Waals surface area contributed by atoms with Crippen LogP contribution >= 0.6 is 0 Å². The summed E-state index contributed by atoms with van der Waals surface area (Å²) < 4.78 is 16.5. The van der Waals surface area contributed by atoms with E-state index in [2.05, 4.69) is 0 Å². The van der Waals surface area contributed by atoms with Gasteiger partial charge in [0.15, 0.2) is 5.79 Å². The van der Waals surface area contributed by atoms with Gasteiger partial charge in [-0.1, -0.05) is 6.92 Å². The second kappa shape index (κ2) is 4.49. The van der Waals surface area contributed by atoms with Crippen LogP contribution < -0.4 is 0 Å². The maximum absolute atomic E-state index is 11.0. The van der Waals surface area contributed by atoms with Crippen LogP contribution in [0.4, 0.5) is 0 Å². The zero-order chi connectivity index (χ0) is 10.7. The summed E-state index contributed by atoms with van der Waals surface area (Å²) in [5.41, 5.74) is 0. The van der Waals surface area contributed by atoms with Crippen LogP contribution in [0, 0.1) is 0 Å². The van der Waals surface area contributed by atoms with Crippen molar-refractivity contribution in [1.82, 2.24) is 0 Å². The van der Waals surface area contributed by atoms with Crippen LogP contribution in [0.5, 0.6) is 0 Å². The van der Waals surface area contributed by atoms with Gasteiger partial charge in [0, 0.05) is 19.3 Å². The molecule has 0 bridgehead atoms. The van der Waals surface area contributed by atoms with Crippen molar-refractivity contribution >= 4 is 5.97 Å². The standard InChI is InChI=1S/C11H18O4/c1-2-10(12)13-7-9-8-14-11(15-9)5-3-4-6-11/h9H,2-8H2,1H3/t9-/m1/s1. The van der Waals surface area contributed by atoms with Crippen LogP contribution in [-0.2, 0) is 19.0 Å². The Hall–Kier alpha value is -0.610. The van der Waals surface area contributed by atoms with Gasteiger partial charge in [0.2, 0.25) is 0 Å². The maximum atomic E-state index is 11.0. The molecule has 4 heteroatoms. The van der Waals surface area contributed by atoms with E-state index in [1.807, 2.05) is 0 Å². The van der Waals surface area contributed by atoms with Gasteiger partial charge in [-0.3, -0.25) is 4.79 Å². The number of carbonyl (C=O) groups excluding carboxylic acids is 1. The first kappa shape index (κ1) is 10.9. The van der Waals surface area contributed by atoms with E-state index < -0.39 is 0 Å². The van der Waals surface area contributed by atoms with Gasteiger partial charge in [-0.25, -0.2) is 0 Å². The van der Waals surface area contributed by atoms with Crippen molar-refractivity contribution in [2.75, 3.05) is 13.2 Å². The number of carbonyl (C=O) groups is 1. The summed E-state index contributed by atoms with van der Waals surface area (Å²) in [5.74, 6) is -0.519. The predicted molar refractivity (Wildman–Crippen MR) is 53.3 cm³/mol. The Labute approximate surface area is 89.9 Å². The van der Waals surface area contributed by atoms with Crippen LogP contribution in [0.15, 0.2) is 0 Å². The van der Waals surface area contributed by atoms with Crippen LogP contribution in [0.1, 0.15) is 39.0 Å². The third kappa shape index (κ3) is 2.49. The minimum atomic E-state index is -0.344. The Morgan fingerprint density at radius 3 is 2.87 bits per heavy atom. The first-order chi connectivity index (χ1) is 7.24. The molecule has 0 aromatic rings. The summed E-state index contributed by atoms with van der Waals surface area (Å²) in [6.07, 6.45) is 4.64. The fourth-order valence-electron chi connectivity index (χ4n) is 2.16. The van der Waals surface area contributed by atoms with Gasteiger partial charge < -0.3 is 14.2 Å². The largest absolute Gasteiger partial charge is 0.463 e. The van der Waals surface area contributed by atoms with Gasteiger partial charge in [0.1, 0.15) is 12.7 Å². The minimum absolute atomic E-state index is 0.0707. The zero-order valence-corrected chi connectivity index (χ0v) is 9.16. The highest BCUT2D eigenvalue weighted by Crippen LogP contribution is 2.39. The molecule has 0 amide bonds. The van der Waals surface area contributed by atoms with E-state index in [0.717, 1.165) is 12.8 Å². The van der Waals surface area contributed by atoms with Gasteiger partial charge in [-0.15, -0.1) is 0 Å². The van der Waals surface area contributed by atoms with Crippen LogP contribution in [0.2, 0.25) is 0 Å². The topological polar surface area (TPSA) is 44.8 Å². The van der Waals surface area contributed by atoms with Gasteiger partial charge in [0.05, 0.1) is 6.61 Å². The molecule has 1 saturated heterocycles. The number of hydrogen-bond donors (Lipinski definition) is 0. The lowest BCUT2D eigenvalue weighted by molar-refractivity contribution is -0.171. The molecule has 0 aromatic carbocycles. The minimum Gasteiger partial charge on any atom is -0.463 e. The molecule has 1 saturated carbocycles. The van der Waals surface area contributed by atoms with E-state index in [1.54, 1.807) is 6.92 Å². The van der Waals surface area contributed by atoms with E-state index in [9.17, 15) is 4.79 Å². The zero-order valence-electron chi connectivity index (χ0n) is 9.16. The highest BCUT2D eigenvalue weighted by atomic mass is 16.8. The third-order valence-corrected chi connectivity index (χ3v) is 3.00. The summed E-state index contributed by atoms with van der Waals surface area (Å²) in [6.45, 7) is 2.66. The number of esters is 1. The SMILES string of the molecule is CCC(=O)OC[C@@H]1COC2(CCCC2)O1. The number of hydrogen-bond acceptors (Lipinski definition) is 4. The first-order valence-electron chi connectivity index (χ1n) is 5.71. The second-order valence-electron chi connectivity index (χ2n) is 4.21. The van der Waals surface area contributed by atoms with Gasteiger partial charge in [0.25, 0.3) is 0 Å². The second-order valence-corrected chi connectivity index (χ2v) is 4.21. The Bertz CT molecular complexity index is 233.